The van der Waals surface area contributed by atoms with E-state index >= 15 is 0 Å². The van der Waals surface area contributed by atoms with Crippen molar-refractivity contribution in [3.05, 3.63) is 54.0 Å². The minimum atomic E-state index is 0.0172. The van der Waals surface area contributed by atoms with Crippen LogP contribution < -0.4 is 4.90 Å². The highest BCUT2D eigenvalue weighted by atomic mass is 16.2. The zero-order valence-corrected chi connectivity index (χ0v) is 15.9. The highest BCUT2D eigenvalue weighted by Crippen LogP contribution is 2.21. The van der Waals surface area contributed by atoms with Crippen LogP contribution in [0.3, 0.4) is 0 Å². The number of piperidine rings is 1. The van der Waals surface area contributed by atoms with Gasteiger partial charge in [0.25, 0.3) is 5.91 Å². The van der Waals surface area contributed by atoms with Crippen LogP contribution >= 0.6 is 0 Å². The molecule has 0 N–H and O–H groups in total. The summed E-state index contributed by atoms with van der Waals surface area (Å²) >= 11 is 0. The fraction of sp³-hybridized carbons (Fsp3) is 0.476. The molecule has 5 heteroatoms. The molecule has 0 bridgehead atoms. The molecular formula is C21H28N4O. The van der Waals surface area contributed by atoms with Crippen LogP contribution in [0.15, 0.2) is 42.7 Å². The van der Waals surface area contributed by atoms with E-state index < -0.39 is 0 Å². The van der Waals surface area contributed by atoms with Crippen molar-refractivity contribution in [1.82, 2.24) is 14.9 Å². The molecule has 1 aromatic heterocycles. The molecule has 26 heavy (non-hydrogen) atoms. The molecule has 138 valence electrons. The normalized spacial score (nSPS) is 17.4. The maximum absolute atomic E-state index is 12.9. The van der Waals surface area contributed by atoms with Gasteiger partial charge >= 0.3 is 0 Å². The fourth-order valence-electron chi connectivity index (χ4n) is 3.47. The van der Waals surface area contributed by atoms with Crippen molar-refractivity contribution in [2.75, 3.05) is 18.0 Å². The summed E-state index contributed by atoms with van der Waals surface area (Å²) in [7, 11) is 0. The first kappa shape index (κ1) is 18.4. The van der Waals surface area contributed by atoms with Crippen LogP contribution in [0.1, 0.15) is 49.7 Å². The van der Waals surface area contributed by atoms with Gasteiger partial charge in [-0.2, -0.15) is 0 Å². The molecule has 1 atom stereocenters. The van der Waals surface area contributed by atoms with Crippen LogP contribution in [0.5, 0.6) is 0 Å². The number of amides is 1. The van der Waals surface area contributed by atoms with Gasteiger partial charge in [0, 0.05) is 31.7 Å². The zero-order chi connectivity index (χ0) is 18.5. The van der Waals surface area contributed by atoms with Crippen molar-refractivity contribution in [1.29, 1.82) is 0 Å². The van der Waals surface area contributed by atoms with Crippen molar-refractivity contribution in [2.24, 2.45) is 5.92 Å². The molecule has 5 nitrogen and oxygen atoms in total. The summed E-state index contributed by atoms with van der Waals surface area (Å²) in [5, 5.41) is 0. The number of hydrogen-bond acceptors (Lipinski definition) is 4. The van der Waals surface area contributed by atoms with Crippen molar-refractivity contribution >= 4 is 11.7 Å². The number of nitrogens with zero attached hydrogens (tertiary/aromatic N) is 4. The molecule has 1 unspecified atom stereocenters. The molecule has 1 amide bonds. The summed E-state index contributed by atoms with van der Waals surface area (Å²) in [6.07, 6.45) is 3.77. The molecule has 2 aromatic rings. The van der Waals surface area contributed by atoms with Crippen LogP contribution in [-0.4, -0.2) is 39.9 Å². The lowest BCUT2D eigenvalue weighted by molar-refractivity contribution is 0.0677. The summed E-state index contributed by atoms with van der Waals surface area (Å²) < 4.78 is 0. The molecule has 1 aliphatic rings. The second kappa shape index (κ2) is 8.30. The lowest BCUT2D eigenvalue weighted by atomic mass is 10.00. The molecule has 2 heterocycles. The number of benzene rings is 1. The first-order chi connectivity index (χ1) is 12.5. The summed E-state index contributed by atoms with van der Waals surface area (Å²) in [4.78, 5) is 25.7. The predicted molar refractivity (Wildman–Crippen MR) is 104 cm³/mol. The summed E-state index contributed by atoms with van der Waals surface area (Å²) in [5.41, 5.74) is 1.71. The van der Waals surface area contributed by atoms with Crippen LogP contribution in [0.2, 0.25) is 0 Å². The monoisotopic (exact) mass is 352 g/mol. The first-order valence-electron chi connectivity index (χ1n) is 9.46. The first-order valence-corrected chi connectivity index (χ1v) is 9.46. The molecule has 0 saturated carbocycles. The average molecular weight is 352 g/mol. The van der Waals surface area contributed by atoms with E-state index in [1.54, 1.807) is 0 Å². The molecule has 0 spiro atoms. The molecule has 1 aliphatic heterocycles. The molecule has 3 rings (SSSR count). The summed E-state index contributed by atoms with van der Waals surface area (Å²) in [6.45, 7) is 8.86. The Bertz CT molecular complexity index is 732. The Morgan fingerprint density at radius 3 is 2.73 bits per heavy atom. The summed E-state index contributed by atoms with van der Waals surface area (Å²) in [5.74, 6) is 1.37. The van der Waals surface area contributed by atoms with Crippen LogP contribution in [0.4, 0.5) is 5.82 Å². The SMILES string of the molecule is CC1CCCN(C(=O)c2cc(N(Cc3ccccc3)C(C)C)ncn2)C1. The Kier molecular flexibility index (Phi) is 5.86. The van der Waals surface area contributed by atoms with Crippen molar-refractivity contribution < 1.29 is 4.79 Å². The van der Waals surface area contributed by atoms with E-state index in [1.807, 2.05) is 29.2 Å². The second-order valence-electron chi connectivity index (χ2n) is 7.47. The maximum atomic E-state index is 12.9. The minimum Gasteiger partial charge on any atom is -0.350 e. The Hall–Kier alpha value is -2.43. The topological polar surface area (TPSA) is 49.3 Å². The average Bonchev–Trinajstić information content (AvgIpc) is 2.66. The number of rotatable bonds is 5. The van der Waals surface area contributed by atoms with Gasteiger partial charge in [0.15, 0.2) is 0 Å². The van der Waals surface area contributed by atoms with Gasteiger partial charge in [-0.15, -0.1) is 0 Å². The number of carbonyl (C=O) groups excluding carboxylic acids is 1. The minimum absolute atomic E-state index is 0.0172. The molecule has 0 radical (unpaired) electrons. The molecule has 1 saturated heterocycles. The van der Waals surface area contributed by atoms with Gasteiger partial charge in [-0.3, -0.25) is 4.79 Å². The maximum Gasteiger partial charge on any atom is 0.272 e. The third-order valence-electron chi connectivity index (χ3n) is 4.93. The third-order valence-corrected chi connectivity index (χ3v) is 4.93. The van der Waals surface area contributed by atoms with Gasteiger partial charge in [0.2, 0.25) is 0 Å². The standard InChI is InChI=1S/C21H28N4O/c1-16(2)25(14-18-9-5-4-6-10-18)20-12-19(22-15-23-20)21(26)24-11-7-8-17(3)13-24/h4-6,9-10,12,15-17H,7-8,11,13-14H2,1-3H3. The van der Waals surface area contributed by atoms with Gasteiger partial charge in [0.05, 0.1) is 0 Å². The molecule has 1 fully saturated rings. The van der Waals surface area contributed by atoms with E-state index in [0.717, 1.165) is 31.9 Å². The van der Waals surface area contributed by atoms with Crippen LogP contribution in [-0.2, 0) is 6.54 Å². The largest absolute Gasteiger partial charge is 0.350 e. The van der Waals surface area contributed by atoms with E-state index in [0.29, 0.717) is 11.6 Å². The summed E-state index contributed by atoms with van der Waals surface area (Å²) in [6, 6.07) is 12.4. The molecular weight excluding hydrogens is 324 g/mol. The van der Waals surface area contributed by atoms with E-state index in [4.69, 9.17) is 0 Å². The number of carbonyl (C=O) groups is 1. The highest BCUT2D eigenvalue weighted by molar-refractivity contribution is 5.93. The molecule has 1 aromatic carbocycles. The van der Waals surface area contributed by atoms with Gasteiger partial charge in [0.1, 0.15) is 17.8 Å². The quantitative estimate of drug-likeness (QED) is 0.822. The van der Waals surface area contributed by atoms with Crippen LogP contribution in [0.25, 0.3) is 0 Å². The van der Waals surface area contributed by atoms with E-state index in [1.165, 1.54) is 18.3 Å². The van der Waals surface area contributed by atoms with Crippen molar-refractivity contribution in [2.45, 2.75) is 46.2 Å². The van der Waals surface area contributed by atoms with Gasteiger partial charge in [-0.1, -0.05) is 37.3 Å². The van der Waals surface area contributed by atoms with E-state index in [9.17, 15) is 4.79 Å². The smallest absolute Gasteiger partial charge is 0.272 e. The number of aromatic nitrogens is 2. The molecule has 0 aliphatic carbocycles. The van der Waals surface area contributed by atoms with Gasteiger partial charge < -0.3 is 9.80 Å². The van der Waals surface area contributed by atoms with E-state index in [-0.39, 0.29) is 11.9 Å². The third kappa shape index (κ3) is 4.40. The number of anilines is 1. The zero-order valence-electron chi connectivity index (χ0n) is 15.9. The highest BCUT2D eigenvalue weighted by Gasteiger charge is 2.24. The van der Waals surface area contributed by atoms with Gasteiger partial charge in [-0.05, 0) is 38.2 Å². The van der Waals surface area contributed by atoms with Crippen LogP contribution in [0, 0.1) is 5.92 Å². The Labute approximate surface area is 156 Å². The fourth-order valence-corrected chi connectivity index (χ4v) is 3.47. The number of hydrogen-bond donors (Lipinski definition) is 0. The predicted octanol–water partition coefficient (Wildman–Crippen LogP) is 3.76. The lowest BCUT2D eigenvalue weighted by Gasteiger charge is -2.31. The lowest BCUT2D eigenvalue weighted by Crippen LogP contribution is -2.39. The van der Waals surface area contributed by atoms with Crippen molar-refractivity contribution in [3.8, 4) is 0 Å². The number of likely N-dealkylation sites (tertiary alicyclic amines) is 1. The van der Waals surface area contributed by atoms with Gasteiger partial charge in [-0.25, -0.2) is 9.97 Å². The Balaban J connectivity index is 1.81. The second-order valence-corrected chi connectivity index (χ2v) is 7.47. The Morgan fingerprint density at radius 1 is 1.27 bits per heavy atom. The van der Waals surface area contributed by atoms with Crippen molar-refractivity contribution in [3.63, 3.8) is 0 Å². The van der Waals surface area contributed by atoms with E-state index in [2.05, 4.69) is 47.8 Å². The Morgan fingerprint density at radius 2 is 2.04 bits per heavy atom.